The number of fused-ring (bicyclic) bond motifs is 1. The van der Waals surface area contributed by atoms with E-state index >= 15 is 8.78 Å². The number of aryl methyl sites for hydroxylation is 2. The van der Waals surface area contributed by atoms with Crippen LogP contribution in [0.15, 0.2) is 30.3 Å². The molecule has 4 rings (SSSR count). The first-order valence-electron chi connectivity index (χ1n) is 12.7. The van der Waals surface area contributed by atoms with Crippen molar-refractivity contribution in [3.05, 3.63) is 69.8 Å². The van der Waals surface area contributed by atoms with Gasteiger partial charge in [0, 0.05) is 5.56 Å². The van der Waals surface area contributed by atoms with Crippen molar-refractivity contribution in [2.45, 2.75) is 103 Å². The van der Waals surface area contributed by atoms with Gasteiger partial charge in [-0.25, -0.2) is 8.78 Å². The maximum absolute atomic E-state index is 15.2. The molecule has 2 aliphatic carbocycles. The van der Waals surface area contributed by atoms with Crippen molar-refractivity contribution in [1.82, 2.24) is 0 Å². The van der Waals surface area contributed by atoms with E-state index < -0.39 is 0 Å². The second kappa shape index (κ2) is 10.3. The van der Waals surface area contributed by atoms with Crippen molar-refractivity contribution in [3.63, 3.8) is 0 Å². The topological polar surface area (TPSA) is 0 Å². The van der Waals surface area contributed by atoms with E-state index in [9.17, 15) is 0 Å². The van der Waals surface area contributed by atoms with Crippen LogP contribution in [0.2, 0.25) is 0 Å². The van der Waals surface area contributed by atoms with Gasteiger partial charge in [-0.3, -0.25) is 0 Å². The molecular weight excluding hydrogens is 386 g/mol. The molecule has 0 bridgehead atoms. The van der Waals surface area contributed by atoms with E-state index in [1.165, 1.54) is 55.2 Å². The molecule has 2 heteroatoms. The van der Waals surface area contributed by atoms with Gasteiger partial charge < -0.3 is 0 Å². The monoisotopic (exact) mass is 424 g/mol. The summed E-state index contributed by atoms with van der Waals surface area (Å²) in [5, 5.41) is 0. The summed E-state index contributed by atoms with van der Waals surface area (Å²) in [5.74, 6) is 0.431. The molecule has 1 atom stereocenters. The largest absolute Gasteiger partial charge is 0.207 e. The summed E-state index contributed by atoms with van der Waals surface area (Å²) in [7, 11) is 0. The first-order valence-corrected chi connectivity index (χ1v) is 12.7. The summed E-state index contributed by atoms with van der Waals surface area (Å²) in [6.07, 6.45) is 13.1. The fraction of sp³-hybridized carbons (Fsp3) is 0.586. The smallest absolute Gasteiger partial charge is 0.129 e. The minimum absolute atomic E-state index is 0.0525. The Morgan fingerprint density at radius 3 is 2.23 bits per heavy atom. The summed E-state index contributed by atoms with van der Waals surface area (Å²) >= 11 is 0. The maximum Gasteiger partial charge on any atom is 0.129 e. The second-order valence-corrected chi connectivity index (χ2v) is 10.1. The number of benzene rings is 2. The van der Waals surface area contributed by atoms with Crippen LogP contribution in [-0.2, 0) is 19.3 Å². The van der Waals surface area contributed by atoms with Crippen LogP contribution in [0.1, 0.15) is 111 Å². The van der Waals surface area contributed by atoms with E-state index in [0.717, 1.165) is 50.0 Å². The Morgan fingerprint density at radius 1 is 0.806 bits per heavy atom. The Balaban J connectivity index is 1.47. The highest BCUT2D eigenvalue weighted by Gasteiger charge is 2.28. The molecule has 0 spiro atoms. The third-order valence-corrected chi connectivity index (χ3v) is 7.84. The fourth-order valence-corrected chi connectivity index (χ4v) is 6.01. The normalized spacial score (nSPS) is 23.5. The summed E-state index contributed by atoms with van der Waals surface area (Å²) < 4.78 is 30.4. The maximum atomic E-state index is 15.2. The zero-order valence-corrected chi connectivity index (χ0v) is 19.4. The van der Waals surface area contributed by atoms with Gasteiger partial charge in [-0.2, -0.15) is 0 Å². The van der Waals surface area contributed by atoms with Crippen LogP contribution < -0.4 is 0 Å². The lowest BCUT2D eigenvalue weighted by Crippen LogP contribution is -2.17. The van der Waals surface area contributed by atoms with Gasteiger partial charge in [-0.15, -0.1) is 0 Å². The van der Waals surface area contributed by atoms with Gasteiger partial charge in [0.05, 0.1) is 0 Å². The Hall–Kier alpha value is -1.70. The average Bonchev–Trinajstić information content (AvgIpc) is 2.78. The molecule has 0 radical (unpaired) electrons. The zero-order chi connectivity index (χ0) is 21.8. The zero-order valence-electron chi connectivity index (χ0n) is 19.4. The molecule has 0 amide bonds. The van der Waals surface area contributed by atoms with Crippen molar-refractivity contribution >= 4 is 0 Å². The molecule has 2 aliphatic rings. The molecule has 0 heterocycles. The van der Waals surface area contributed by atoms with Gasteiger partial charge in [0.25, 0.3) is 0 Å². The lowest BCUT2D eigenvalue weighted by molar-refractivity contribution is 0.307. The molecule has 31 heavy (non-hydrogen) atoms. The molecule has 0 saturated heterocycles. The second-order valence-electron chi connectivity index (χ2n) is 10.1. The molecule has 0 nitrogen and oxygen atoms in total. The average molecular weight is 425 g/mol. The fourth-order valence-electron chi connectivity index (χ4n) is 6.01. The van der Waals surface area contributed by atoms with Gasteiger partial charge in [0.1, 0.15) is 11.6 Å². The third kappa shape index (κ3) is 5.21. The SMILES string of the molecule is CCCCc1ccc2c(c1)CCC(c1c(F)cc(C3CCC(CCC)CC3)cc1F)C2. The van der Waals surface area contributed by atoms with Crippen LogP contribution in [0.3, 0.4) is 0 Å². The van der Waals surface area contributed by atoms with Crippen LogP contribution in [0, 0.1) is 17.6 Å². The Labute approximate surface area is 187 Å². The molecule has 2 aromatic rings. The first kappa shape index (κ1) is 22.5. The van der Waals surface area contributed by atoms with Gasteiger partial charge in [-0.05, 0) is 110 Å². The summed E-state index contributed by atoms with van der Waals surface area (Å²) in [4.78, 5) is 0. The predicted molar refractivity (Wildman–Crippen MR) is 126 cm³/mol. The van der Waals surface area contributed by atoms with Gasteiger partial charge >= 0.3 is 0 Å². The Morgan fingerprint density at radius 2 is 1.55 bits per heavy atom. The first-order chi connectivity index (χ1) is 15.1. The van der Waals surface area contributed by atoms with Crippen LogP contribution in [0.4, 0.5) is 8.78 Å². The molecule has 1 saturated carbocycles. The van der Waals surface area contributed by atoms with Crippen molar-refractivity contribution < 1.29 is 8.78 Å². The van der Waals surface area contributed by atoms with E-state index in [-0.39, 0.29) is 17.6 Å². The molecule has 0 N–H and O–H groups in total. The molecule has 0 aromatic heterocycles. The summed E-state index contributed by atoms with van der Waals surface area (Å²) in [6.45, 7) is 4.46. The molecule has 1 unspecified atom stereocenters. The minimum Gasteiger partial charge on any atom is -0.207 e. The van der Waals surface area contributed by atoms with Crippen molar-refractivity contribution in [2.75, 3.05) is 0 Å². The van der Waals surface area contributed by atoms with E-state index in [4.69, 9.17) is 0 Å². The number of halogens is 2. The van der Waals surface area contributed by atoms with Crippen LogP contribution in [0.25, 0.3) is 0 Å². The Kier molecular flexibility index (Phi) is 7.46. The number of rotatable bonds is 7. The third-order valence-electron chi connectivity index (χ3n) is 7.84. The van der Waals surface area contributed by atoms with E-state index in [1.54, 1.807) is 12.1 Å². The van der Waals surface area contributed by atoms with Gasteiger partial charge in [0.2, 0.25) is 0 Å². The number of unbranched alkanes of at least 4 members (excludes halogenated alkanes) is 1. The van der Waals surface area contributed by atoms with Crippen molar-refractivity contribution in [2.24, 2.45) is 5.92 Å². The highest BCUT2D eigenvalue weighted by atomic mass is 19.1. The van der Waals surface area contributed by atoms with E-state index in [1.807, 2.05) is 0 Å². The number of hydrogen-bond acceptors (Lipinski definition) is 0. The van der Waals surface area contributed by atoms with Crippen molar-refractivity contribution in [1.29, 1.82) is 0 Å². The molecule has 0 aliphatic heterocycles. The molecule has 2 aromatic carbocycles. The summed E-state index contributed by atoms with van der Waals surface area (Å²) in [5.41, 5.74) is 5.25. The van der Waals surface area contributed by atoms with Gasteiger partial charge in [-0.1, -0.05) is 51.3 Å². The molecule has 168 valence electrons. The lowest BCUT2D eigenvalue weighted by Gasteiger charge is -2.30. The lowest BCUT2D eigenvalue weighted by atomic mass is 9.76. The molecular formula is C29H38F2. The quantitative estimate of drug-likeness (QED) is 0.417. The highest BCUT2D eigenvalue weighted by Crippen LogP contribution is 2.41. The van der Waals surface area contributed by atoms with Crippen LogP contribution >= 0.6 is 0 Å². The summed E-state index contributed by atoms with van der Waals surface area (Å²) in [6, 6.07) is 10.1. The van der Waals surface area contributed by atoms with E-state index in [0.29, 0.717) is 11.5 Å². The standard InChI is InChI=1S/C29H38F2/c1-3-5-7-21-10-13-24-17-25(15-14-23(24)16-21)29-27(30)18-26(19-28(29)31)22-11-8-20(6-4-2)9-12-22/h10,13,16,18-20,22,25H,3-9,11-12,14-15,17H2,1-2H3. The minimum atomic E-state index is -0.321. The number of hydrogen-bond donors (Lipinski definition) is 0. The van der Waals surface area contributed by atoms with Crippen LogP contribution in [-0.4, -0.2) is 0 Å². The Bertz CT molecular complexity index is 853. The molecule has 1 fully saturated rings. The van der Waals surface area contributed by atoms with E-state index in [2.05, 4.69) is 32.0 Å². The highest BCUT2D eigenvalue weighted by molar-refractivity contribution is 5.39. The van der Waals surface area contributed by atoms with Gasteiger partial charge in [0.15, 0.2) is 0 Å². The predicted octanol–water partition coefficient (Wildman–Crippen LogP) is 8.65. The van der Waals surface area contributed by atoms with Crippen molar-refractivity contribution in [3.8, 4) is 0 Å². The van der Waals surface area contributed by atoms with Crippen LogP contribution in [0.5, 0.6) is 0 Å².